The molecule has 2 bridgehead atoms. The number of ether oxygens (including phenoxy) is 2. The van der Waals surface area contributed by atoms with E-state index in [2.05, 4.69) is 11.0 Å². The molecule has 3 aliphatic carbocycles. The first-order chi connectivity index (χ1) is 16.5. The minimum absolute atomic E-state index is 0.0702. The Balaban J connectivity index is 1.50. The topological polar surface area (TPSA) is 62.2 Å². The van der Waals surface area contributed by atoms with Crippen molar-refractivity contribution in [3.8, 4) is 11.5 Å². The maximum absolute atomic E-state index is 13.8. The summed E-state index contributed by atoms with van der Waals surface area (Å²) in [5.74, 6) is 1.45. The molecule has 4 atom stereocenters. The van der Waals surface area contributed by atoms with Gasteiger partial charge in [-0.1, -0.05) is 12.1 Å². The SMILES string of the molecule is COc1ccc2c3c1OC1C(=O)C=CC4(N(O)c5ccc(F)cc5)C(C2)N(CC2CC2)CCC314. The summed E-state index contributed by atoms with van der Waals surface area (Å²) in [5.41, 5.74) is 0.912. The van der Waals surface area contributed by atoms with Gasteiger partial charge in [0.15, 0.2) is 23.4 Å². The number of likely N-dealkylation sites (tertiary alicyclic amines) is 1. The number of rotatable bonds is 5. The zero-order valence-electron chi connectivity index (χ0n) is 19.0. The highest BCUT2D eigenvalue weighted by Gasteiger charge is 2.74. The van der Waals surface area contributed by atoms with Gasteiger partial charge in [0.05, 0.1) is 18.2 Å². The highest BCUT2D eigenvalue weighted by Crippen LogP contribution is 2.65. The summed E-state index contributed by atoms with van der Waals surface area (Å²) in [6, 6.07) is 9.85. The Morgan fingerprint density at radius 3 is 2.76 bits per heavy atom. The van der Waals surface area contributed by atoms with Crippen LogP contribution in [0.4, 0.5) is 10.1 Å². The molecule has 2 fully saturated rings. The number of hydrogen-bond donors (Lipinski definition) is 1. The second-order valence-corrected chi connectivity index (χ2v) is 10.4. The van der Waals surface area contributed by atoms with Crippen molar-refractivity contribution in [3.05, 3.63) is 65.5 Å². The van der Waals surface area contributed by atoms with Gasteiger partial charge in [0.2, 0.25) is 0 Å². The molecule has 2 heterocycles. The number of hydroxylamine groups is 1. The van der Waals surface area contributed by atoms with Crippen molar-refractivity contribution in [1.29, 1.82) is 0 Å². The molecular weight excluding hydrogens is 435 g/mol. The number of ketones is 1. The van der Waals surface area contributed by atoms with E-state index in [0.717, 1.165) is 24.2 Å². The van der Waals surface area contributed by atoms with E-state index in [1.165, 1.54) is 30.0 Å². The van der Waals surface area contributed by atoms with Crippen molar-refractivity contribution in [3.63, 3.8) is 0 Å². The number of halogens is 1. The molecule has 2 aromatic rings. The molecule has 7 rings (SSSR count). The lowest BCUT2D eigenvalue weighted by Crippen LogP contribution is -2.80. The van der Waals surface area contributed by atoms with Crippen LogP contribution in [0.1, 0.15) is 30.4 Å². The number of anilines is 1. The van der Waals surface area contributed by atoms with Gasteiger partial charge in [-0.2, -0.15) is 0 Å². The first-order valence-electron chi connectivity index (χ1n) is 12.1. The molecule has 5 aliphatic rings. The predicted molar refractivity (Wildman–Crippen MR) is 123 cm³/mol. The third kappa shape index (κ3) is 2.39. The fourth-order valence-electron chi connectivity index (χ4n) is 7.21. The Morgan fingerprint density at radius 2 is 2.03 bits per heavy atom. The van der Waals surface area contributed by atoms with Gasteiger partial charge in [-0.05, 0) is 80.1 Å². The average Bonchev–Trinajstić information content (AvgIpc) is 3.59. The van der Waals surface area contributed by atoms with E-state index >= 15 is 0 Å². The molecule has 1 N–H and O–H groups in total. The number of piperidine rings is 1. The third-order valence-corrected chi connectivity index (χ3v) is 8.80. The van der Waals surface area contributed by atoms with Gasteiger partial charge >= 0.3 is 0 Å². The van der Waals surface area contributed by atoms with Crippen LogP contribution in [-0.4, -0.2) is 53.8 Å². The maximum Gasteiger partial charge on any atom is 0.196 e. The van der Waals surface area contributed by atoms with E-state index in [4.69, 9.17) is 9.47 Å². The lowest BCUT2D eigenvalue weighted by Gasteiger charge is -2.65. The fraction of sp³-hybridized carbons (Fsp3) is 0.444. The summed E-state index contributed by atoms with van der Waals surface area (Å²) in [7, 11) is 1.61. The van der Waals surface area contributed by atoms with E-state index in [9.17, 15) is 14.4 Å². The van der Waals surface area contributed by atoms with E-state index in [1.807, 2.05) is 12.1 Å². The van der Waals surface area contributed by atoms with E-state index < -0.39 is 17.1 Å². The van der Waals surface area contributed by atoms with Crippen molar-refractivity contribution >= 4 is 11.5 Å². The minimum atomic E-state index is -0.943. The van der Waals surface area contributed by atoms with Crippen LogP contribution in [0.3, 0.4) is 0 Å². The van der Waals surface area contributed by atoms with Crippen LogP contribution in [-0.2, 0) is 16.6 Å². The minimum Gasteiger partial charge on any atom is -0.493 e. The highest BCUT2D eigenvalue weighted by molar-refractivity contribution is 5.99. The summed E-state index contributed by atoms with van der Waals surface area (Å²) in [4.78, 5) is 15.8. The molecule has 1 spiro atoms. The van der Waals surface area contributed by atoms with Crippen molar-refractivity contribution in [2.45, 2.75) is 48.8 Å². The van der Waals surface area contributed by atoms with Gasteiger partial charge in [-0.15, -0.1) is 0 Å². The molecule has 6 nitrogen and oxygen atoms in total. The standard InChI is InChI=1S/C27H27FN2O4/c1-33-21-9-4-17-14-22-27(30(32)19-7-5-18(28)6-8-19)11-10-20(31)25-26(27,23(17)24(21)34-25)12-13-29(22)15-16-2-3-16/h4-11,16,22,25,32H,2-3,12-15H2,1H3. The predicted octanol–water partition coefficient (Wildman–Crippen LogP) is 3.65. The maximum atomic E-state index is 13.8. The quantitative estimate of drug-likeness (QED) is 0.685. The molecule has 176 valence electrons. The highest BCUT2D eigenvalue weighted by atomic mass is 19.1. The van der Waals surface area contributed by atoms with Crippen molar-refractivity contribution in [1.82, 2.24) is 4.90 Å². The van der Waals surface area contributed by atoms with Crippen LogP contribution >= 0.6 is 0 Å². The fourth-order valence-corrected chi connectivity index (χ4v) is 7.21. The number of methoxy groups -OCH3 is 1. The molecule has 7 heteroatoms. The number of benzene rings is 2. The van der Waals surface area contributed by atoms with Crippen LogP contribution in [0.25, 0.3) is 0 Å². The molecule has 0 amide bonds. The molecule has 2 aromatic carbocycles. The number of carbonyl (C=O) groups excluding carboxylic acids is 1. The molecule has 1 saturated carbocycles. The summed E-state index contributed by atoms with van der Waals surface area (Å²) in [5, 5.41) is 13.3. The van der Waals surface area contributed by atoms with Crippen molar-refractivity contribution < 1.29 is 23.9 Å². The Kier molecular flexibility index (Phi) is 4.11. The second kappa shape index (κ2) is 6.83. The Bertz CT molecular complexity index is 1230. The van der Waals surface area contributed by atoms with Crippen LogP contribution in [0.15, 0.2) is 48.6 Å². The zero-order chi connectivity index (χ0) is 23.2. The van der Waals surface area contributed by atoms with Crippen molar-refractivity contribution in [2.75, 3.05) is 25.3 Å². The van der Waals surface area contributed by atoms with E-state index in [1.54, 1.807) is 25.3 Å². The Hall–Kier alpha value is -2.90. The lowest BCUT2D eigenvalue weighted by molar-refractivity contribution is -0.131. The molecule has 0 radical (unpaired) electrons. The summed E-state index contributed by atoms with van der Waals surface area (Å²) in [6.45, 7) is 1.81. The smallest absolute Gasteiger partial charge is 0.196 e. The molecule has 0 aromatic heterocycles. The lowest BCUT2D eigenvalue weighted by atomic mass is 9.49. The molecule has 1 saturated heterocycles. The van der Waals surface area contributed by atoms with Gasteiger partial charge < -0.3 is 9.47 Å². The normalized spacial score (nSPS) is 32.9. The monoisotopic (exact) mass is 462 g/mol. The largest absolute Gasteiger partial charge is 0.493 e. The third-order valence-electron chi connectivity index (χ3n) is 8.80. The molecule has 2 aliphatic heterocycles. The van der Waals surface area contributed by atoms with E-state index in [0.29, 0.717) is 35.9 Å². The van der Waals surface area contributed by atoms with Gasteiger partial charge in [0.25, 0.3) is 0 Å². The van der Waals surface area contributed by atoms with Gasteiger partial charge in [0.1, 0.15) is 11.4 Å². The van der Waals surface area contributed by atoms with Crippen molar-refractivity contribution in [2.24, 2.45) is 5.92 Å². The molecule has 4 unspecified atom stereocenters. The van der Waals surface area contributed by atoms with Crippen LogP contribution in [0.5, 0.6) is 11.5 Å². The number of carbonyl (C=O) groups is 1. The van der Waals surface area contributed by atoms with Crippen LogP contribution in [0, 0.1) is 11.7 Å². The molecule has 34 heavy (non-hydrogen) atoms. The van der Waals surface area contributed by atoms with Gasteiger partial charge in [-0.25, -0.2) is 9.45 Å². The Morgan fingerprint density at radius 1 is 1.24 bits per heavy atom. The second-order valence-electron chi connectivity index (χ2n) is 10.4. The zero-order valence-corrected chi connectivity index (χ0v) is 19.0. The summed E-state index contributed by atoms with van der Waals surface area (Å²) in [6.07, 6.45) is 6.59. The Labute approximate surface area is 197 Å². The van der Waals surface area contributed by atoms with Crippen LogP contribution < -0.4 is 14.5 Å². The summed E-state index contributed by atoms with van der Waals surface area (Å²) >= 11 is 0. The van der Waals surface area contributed by atoms with E-state index in [-0.39, 0.29) is 17.6 Å². The first kappa shape index (κ1) is 20.5. The van der Waals surface area contributed by atoms with Gasteiger partial charge in [0, 0.05) is 18.2 Å². The molecular formula is C27H27FN2O4. The number of nitrogens with zero attached hydrogens (tertiary/aromatic N) is 2. The summed E-state index contributed by atoms with van der Waals surface area (Å²) < 4.78 is 25.8. The van der Waals surface area contributed by atoms with Gasteiger partial charge in [-0.3, -0.25) is 14.9 Å². The first-order valence-corrected chi connectivity index (χ1v) is 12.1. The van der Waals surface area contributed by atoms with Crippen LogP contribution in [0.2, 0.25) is 0 Å². The average molecular weight is 463 g/mol. The number of hydrogen-bond acceptors (Lipinski definition) is 6.